The number of aromatic nitrogens is 3. The van der Waals surface area contributed by atoms with Crippen molar-refractivity contribution >= 4 is 28.6 Å². The number of aryl methyl sites for hydroxylation is 1. The summed E-state index contributed by atoms with van der Waals surface area (Å²) in [5.41, 5.74) is 3.66. The number of methoxy groups -OCH3 is 1. The van der Waals surface area contributed by atoms with Gasteiger partial charge in [-0.1, -0.05) is 17.7 Å². The van der Waals surface area contributed by atoms with Gasteiger partial charge in [-0.15, -0.1) is 14.1 Å². The summed E-state index contributed by atoms with van der Waals surface area (Å²) < 4.78 is 8.51. The van der Waals surface area contributed by atoms with Gasteiger partial charge < -0.3 is 9.84 Å². The molecule has 2 aromatic carbocycles. The number of benzene rings is 2. The molecule has 7 heteroatoms. The molecule has 2 heterocycles. The maximum absolute atomic E-state index is 11.3. The van der Waals surface area contributed by atoms with Gasteiger partial charge >= 0.3 is 5.97 Å². The molecule has 0 spiro atoms. The van der Waals surface area contributed by atoms with E-state index in [9.17, 15) is 9.90 Å². The van der Waals surface area contributed by atoms with E-state index in [0.29, 0.717) is 23.6 Å². The van der Waals surface area contributed by atoms with E-state index in [0.717, 1.165) is 16.6 Å². The molecule has 0 radical (unpaired) electrons. The number of carbonyl (C=O) groups is 1. The molecule has 0 bridgehead atoms. The summed E-state index contributed by atoms with van der Waals surface area (Å²) in [6.07, 6.45) is 0.872. The van der Waals surface area contributed by atoms with Crippen LogP contribution in [0.2, 0.25) is 5.02 Å². The molecule has 1 N–H and O–H groups in total. The van der Waals surface area contributed by atoms with Crippen LogP contribution in [0.5, 0.6) is 5.75 Å². The second-order valence-corrected chi connectivity index (χ2v) is 5.84. The van der Waals surface area contributed by atoms with Crippen LogP contribution in [0.15, 0.2) is 36.4 Å². The molecule has 2 aromatic heterocycles. The largest absolute Gasteiger partial charge is 0.506 e. The van der Waals surface area contributed by atoms with Crippen LogP contribution in [0.4, 0.5) is 0 Å². The van der Waals surface area contributed by atoms with E-state index in [1.165, 1.54) is 7.11 Å². The van der Waals surface area contributed by atoms with Gasteiger partial charge in [0, 0.05) is 11.4 Å². The Kier molecular flexibility index (Phi) is 3.02. The molecule has 0 saturated heterocycles. The molecular formula is C16H14ClN3O3. The van der Waals surface area contributed by atoms with Crippen LogP contribution in [0.3, 0.4) is 0 Å². The van der Waals surface area contributed by atoms with Crippen molar-refractivity contribution in [2.75, 3.05) is 7.11 Å². The molecule has 4 rings (SSSR count). The van der Waals surface area contributed by atoms with Crippen molar-refractivity contribution in [3.05, 3.63) is 47.0 Å². The van der Waals surface area contributed by atoms with Crippen molar-refractivity contribution in [2.24, 2.45) is 0 Å². The third-order valence-corrected chi connectivity index (χ3v) is 4.21. The molecule has 0 atom stereocenters. The van der Waals surface area contributed by atoms with E-state index < -0.39 is 0 Å². The molecule has 0 fully saturated rings. The van der Waals surface area contributed by atoms with E-state index in [1.807, 2.05) is 44.4 Å². The first-order chi connectivity index (χ1) is 11.1. The molecular weight excluding hydrogens is 318 g/mol. The lowest BCUT2D eigenvalue weighted by Gasteiger charge is -2.04. The van der Waals surface area contributed by atoms with Crippen LogP contribution in [0.25, 0.3) is 16.7 Å². The van der Waals surface area contributed by atoms with Gasteiger partial charge in [-0.25, -0.2) is 0 Å². The number of esters is 1. The summed E-state index contributed by atoms with van der Waals surface area (Å²) >= 11 is 6.01. The Labute approximate surface area is 136 Å². The van der Waals surface area contributed by atoms with Crippen molar-refractivity contribution in [3.8, 4) is 11.4 Å². The van der Waals surface area contributed by atoms with Crippen molar-refractivity contribution in [3.63, 3.8) is 0 Å². The summed E-state index contributed by atoms with van der Waals surface area (Å²) in [6.45, 7) is 0. The summed E-state index contributed by atoms with van der Waals surface area (Å²) in [5, 5.41) is 10.8. The lowest BCUT2D eigenvalue weighted by atomic mass is 10.1. The number of aromatic hydroxyl groups is 1. The Morgan fingerprint density at radius 2 is 1.96 bits per heavy atom. The monoisotopic (exact) mass is 331 g/mol. The zero-order valence-corrected chi connectivity index (χ0v) is 13.1. The molecule has 118 valence electrons. The van der Waals surface area contributed by atoms with Crippen molar-refractivity contribution in [1.29, 1.82) is 0 Å². The Morgan fingerprint density at radius 3 is 2.74 bits per heavy atom. The van der Waals surface area contributed by atoms with E-state index >= 15 is 0 Å². The highest BCUT2D eigenvalue weighted by Crippen LogP contribution is 2.32. The number of fused-ring (bicyclic) bond motifs is 4. The molecule has 23 heavy (non-hydrogen) atoms. The third kappa shape index (κ3) is 2.14. The van der Waals surface area contributed by atoms with Crippen LogP contribution in [0.1, 0.15) is 12.0 Å². The number of phenols is 1. The van der Waals surface area contributed by atoms with Gasteiger partial charge in [-0.05, 0) is 42.3 Å². The first-order valence-electron chi connectivity index (χ1n) is 7.18. The third-order valence-electron chi connectivity index (χ3n) is 3.98. The fourth-order valence-corrected chi connectivity index (χ4v) is 2.92. The van der Waals surface area contributed by atoms with Crippen molar-refractivity contribution < 1.29 is 14.6 Å². The molecule has 0 saturated carbocycles. The number of phenolic OH excluding ortho intramolecular Hbond substituents is 1. The fraction of sp³-hybridized carbons (Fsp3) is 0.188. The number of hydrogen-bond donors (Lipinski definition) is 1. The number of nitrogens with zero attached hydrogens (tertiary/aromatic N) is 3. The lowest BCUT2D eigenvalue weighted by molar-refractivity contribution is -0.140. The molecule has 0 unspecified atom stereocenters. The molecule has 0 amide bonds. The molecule has 0 aliphatic rings. The normalized spacial score (nSPS) is 11.7. The van der Waals surface area contributed by atoms with Crippen LogP contribution >= 0.6 is 11.6 Å². The van der Waals surface area contributed by atoms with Crippen LogP contribution < -0.4 is 0 Å². The Hall–Kier alpha value is -2.60. The zero-order chi connectivity index (χ0) is 16.1. The first kappa shape index (κ1) is 14.0. The second kappa shape index (κ2) is 4.96. The summed E-state index contributed by atoms with van der Waals surface area (Å²) in [4.78, 5) is 13.1. The number of ether oxygens (including phenoxy) is 1. The Bertz CT molecular complexity index is 1010. The molecule has 0 aliphatic heterocycles. The van der Waals surface area contributed by atoms with E-state index in [2.05, 4.69) is 4.74 Å². The predicted molar refractivity (Wildman–Crippen MR) is 85.9 cm³/mol. The van der Waals surface area contributed by atoms with Gasteiger partial charge in [-0.3, -0.25) is 4.79 Å². The van der Waals surface area contributed by atoms with Gasteiger partial charge in [0.1, 0.15) is 22.5 Å². The number of halogens is 1. The second-order valence-electron chi connectivity index (χ2n) is 5.40. The van der Waals surface area contributed by atoms with Crippen molar-refractivity contribution in [2.45, 2.75) is 12.8 Å². The number of hydrogen-bond acceptors (Lipinski definition) is 3. The summed E-state index contributed by atoms with van der Waals surface area (Å²) in [7, 11) is 1.38. The van der Waals surface area contributed by atoms with Crippen LogP contribution in [0, 0.1) is 0 Å². The summed E-state index contributed by atoms with van der Waals surface area (Å²) in [6, 6.07) is 11.0. The number of rotatable bonds is 4. The SMILES string of the molecule is COC(=O)CCc1ccc(O)c(-n2n3c4ccc(Cl)cc4n23)c1. The maximum Gasteiger partial charge on any atom is 0.305 e. The molecule has 0 aliphatic carbocycles. The Balaban J connectivity index is 1.70. The predicted octanol–water partition coefficient (Wildman–Crippen LogP) is 2.89. The van der Waals surface area contributed by atoms with Crippen LogP contribution in [-0.4, -0.2) is 32.2 Å². The van der Waals surface area contributed by atoms with Gasteiger partial charge in [-0.2, -0.15) is 0 Å². The van der Waals surface area contributed by atoms with E-state index in [-0.39, 0.29) is 11.7 Å². The Morgan fingerprint density at radius 1 is 1.17 bits per heavy atom. The minimum atomic E-state index is -0.249. The quantitative estimate of drug-likeness (QED) is 0.585. The van der Waals surface area contributed by atoms with Gasteiger partial charge in [0.25, 0.3) is 0 Å². The standard InChI is InChI=1S/C16H14ClN3O3/c1-23-16(22)7-3-10-2-6-15(21)14(8-10)20-18-12-5-4-11(17)9-13(12)19(18)20/h2,4-6,8-9,21H,3,7H2,1H3. The molecule has 6 nitrogen and oxygen atoms in total. The highest BCUT2D eigenvalue weighted by Gasteiger charge is 2.25. The minimum Gasteiger partial charge on any atom is -0.506 e. The maximum atomic E-state index is 11.3. The van der Waals surface area contributed by atoms with Gasteiger partial charge in [0.15, 0.2) is 0 Å². The zero-order valence-electron chi connectivity index (χ0n) is 12.4. The van der Waals surface area contributed by atoms with Gasteiger partial charge in [0.05, 0.1) is 7.11 Å². The van der Waals surface area contributed by atoms with E-state index in [4.69, 9.17) is 11.6 Å². The van der Waals surface area contributed by atoms with E-state index in [1.54, 1.807) is 6.07 Å². The smallest absolute Gasteiger partial charge is 0.305 e. The molecule has 4 aromatic rings. The van der Waals surface area contributed by atoms with Gasteiger partial charge in [0.2, 0.25) is 0 Å². The van der Waals surface area contributed by atoms with Crippen molar-refractivity contribution in [1.82, 2.24) is 14.1 Å². The average Bonchev–Trinajstić information content (AvgIpc) is 3.21. The summed E-state index contributed by atoms with van der Waals surface area (Å²) in [5.74, 6) is -0.0702. The highest BCUT2D eigenvalue weighted by atomic mass is 35.5. The van der Waals surface area contributed by atoms with Crippen LogP contribution in [-0.2, 0) is 16.0 Å². The fourth-order valence-electron chi connectivity index (χ4n) is 2.75. The minimum absolute atomic E-state index is 0.179. The average molecular weight is 332 g/mol. The number of carbonyl (C=O) groups excluding carboxylic acids is 1. The lowest BCUT2D eigenvalue weighted by Crippen LogP contribution is -2.02. The topological polar surface area (TPSA) is 60.3 Å². The first-order valence-corrected chi connectivity index (χ1v) is 7.56. The highest BCUT2D eigenvalue weighted by molar-refractivity contribution is 6.31.